The Morgan fingerprint density at radius 3 is 3.15 bits per heavy atom. The highest BCUT2D eigenvalue weighted by Gasteiger charge is 2.39. The van der Waals surface area contributed by atoms with Crippen LogP contribution in [0.5, 0.6) is 11.6 Å². The van der Waals surface area contributed by atoms with Crippen LogP contribution >= 0.6 is 27.5 Å². The molecule has 0 bridgehead atoms. The summed E-state index contributed by atoms with van der Waals surface area (Å²) >= 11 is 9.20. The third-order valence-corrected chi connectivity index (χ3v) is 4.28. The highest BCUT2D eigenvalue weighted by molar-refractivity contribution is 9.10. The maximum atomic E-state index is 11.2. The van der Waals surface area contributed by atoms with Gasteiger partial charge in [0, 0.05) is 6.54 Å². The molecular weight excluding hydrogens is 351 g/mol. The average Bonchev–Trinajstić information content (AvgIpc) is 2.87. The monoisotopic (exact) mass is 362 g/mol. The van der Waals surface area contributed by atoms with Crippen LogP contribution in [-0.2, 0) is 0 Å². The second-order valence-corrected chi connectivity index (χ2v) is 5.96. The lowest BCUT2D eigenvalue weighted by atomic mass is 10.1. The van der Waals surface area contributed by atoms with Crippen LogP contribution in [0.1, 0.15) is 12.8 Å². The molecule has 6 nitrogen and oxygen atoms in total. The lowest BCUT2D eigenvalue weighted by Crippen LogP contribution is -2.48. The third-order valence-electron chi connectivity index (χ3n) is 3.49. The van der Waals surface area contributed by atoms with Crippen molar-refractivity contribution in [1.29, 1.82) is 0 Å². The minimum Gasteiger partial charge on any atom is -0.478 e. The number of hydrogen-bond acceptors (Lipinski definition) is 4. The van der Waals surface area contributed by atoms with Crippen LogP contribution in [0, 0.1) is 0 Å². The van der Waals surface area contributed by atoms with E-state index < -0.39 is 6.09 Å². The van der Waals surface area contributed by atoms with Gasteiger partial charge in [-0.1, -0.05) is 11.6 Å². The van der Waals surface area contributed by atoms with Gasteiger partial charge in [0.05, 0.1) is 10.5 Å². The van der Waals surface area contributed by atoms with Gasteiger partial charge in [-0.3, -0.25) is 0 Å². The number of nitrogens with zero attached hydrogens (tertiary/aromatic N) is 2. The molecule has 3 heterocycles. The summed E-state index contributed by atoms with van der Waals surface area (Å²) in [6, 6.07) is 1.43. The minimum atomic E-state index is -0.921. The van der Waals surface area contributed by atoms with E-state index in [0.717, 1.165) is 12.8 Å². The van der Waals surface area contributed by atoms with E-state index in [0.29, 0.717) is 27.8 Å². The number of halogens is 2. The van der Waals surface area contributed by atoms with E-state index >= 15 is 0 Å². The van der Waals surface area contributed by atoms with Crippen LogP contribution in [0.3, 0.4) is 0 Å². The summed E-state index contributed by atoms with van der Waals surface area (Å²) in [4.78, 5) is 16.7. The van der Waals surface area contributed by atoms with Crippen molar-refractivity contribution in [1.82, 2.24) is 9.88 Å². The quantitative estimate of drug-likeness (QED) is 0.777. The predicted molar refractivity (Wildman–Crippen MR) is 74.6 cm³/mol. The molecule has 8 heteroatoms. The Morgan fingerprint density at radius 2 is 2.40 bits per heavy atom. The van der Waals surface area contributed by atoms with Crippen LogP contribution in [0.2, 0.25) is 5.15 Å². The number of hydrogen-bond donors (Lipinski definition) is 1. The molecule has 2 aliphatic heterocycles. The summed E-state index contributed by atoms with van der Waals surface area (Å²) in [7, 11) is 0. The molecular formula is C12H12BrClN2O4. The van der Waals surface area contributed by atoms with E-state index in [1.807, 2.05) is 0 Å². The molecule has 0 aliphatic carbocycles. The summed E-state index contributed by atoms with van der Waals surface area (Å²) in [5, 5.41) is 9.50. The number of fused-ring (bicyclic) bond motifs is 1. The summed E-state index contributed by atoms with van der Waals surface area (Å²) in [5.74, 6) is 0.809. The van der Waals surface area contributed by atoms with Crippen molar-refractivity contribution in [2.45, 2.75) is 25.0 Å². The van der Waals surface area contributed by atoms with Gasteiger partial charge in [-0.25, -0.2) is 4.79 Å². The highest BCUT2D eigenvalue weighted by atomic mass is 79.9. The smallest absolute Gasteiger partial charge is 0.407 e. The van der Waals surface area contributed by atoms with Gasteiger partial charge >= 0.3 is 6.09 Å². The first-order valence-electron chi connectivity index (χ1n) is 6.21. The maximum absolute atomic E-state index is 11.2. The van der Waals surface area contributed by atoms with Gasteiger partial charge in [-0.2, -0.15) is 4.98 Å². The second kappa shape index (κ2) is 5.29. The molecule has 1 fully saturated rings. The topological polar surface area (TPSA) is 71.9 Å². The fourth-order valence-electron chi connectivity index (χ4n) is 2.61. The van der Waals surface area contributed by atoms with Gasteiger partial charge < -0.3 is 19.5 Å². The number of pyridine rings is 1. The van der Waals surface area contributed by atoms with Crippen molar-refractivity contribution in [3.05, 3.63) is 15.7 Å². The summed E-state index contributed by atoms with van der Waals surface area (Å²) in [6.07, 6.45) is 0.355. The van der Waals surface area contributed by atoms with E-state index in [-0.39, 0.29) is 18.8 Å². The molecule has 3 rings (SSSR count). The summed E-state index contributed by atoms with van der Waals surface area (Å²) in [5.41, 5.74) is 0. The van der Waals surface area contributed by atoms with Crippen molar-refractivity contribution in [3.8, 4) is 11.6 Å². The Kier molecular flexibility index (Phi) is 3.64. The van der Waals surface area contributed by atoms with E-state index in [4.69, 9.17) is 21.1 Å². The zero-order chi connectivity index (χ0) is 14.3. The first kappa shape index (κ1) is 13.8. The first-order valence-corrected chi connectivity index (χ1v) is 7.38. The summed E-state index contributed by atoms with van der Waals surface area (Å²) < 4.78 is 12.1. The fraction of sp³-hybridized carbons (Fsp3) is 0.500. The minimum absolute atomic E-state index is 0.191. The normalized spacial score (nSPS) is 24.8. The number of rotatable bonds is 1. The van der Waals surface area contributed by atoms with Crippen LogP contribution in [0.4, 0.5) is 4.79 Å². The van der Waals surface area contributed by atoms with E-state index in [1.54, 1.807) is 6.07 Å². The molecule has 108 valence electrons. The van der Waals surface area contributed by atoms with Crippen molar-refractivity contribution < 1.29 is 19.4 Å². The Morgan fingerprint density at radius 1 is 1.60 bits per heavy atom. The van der Waals surface area contributed by atoms with Gasteiger partial charge in [0.25, 0.3) is 5.88 Å². The third kappa shape index (κ3) is 2.40. The van der Waals surface area contributed by atoms with Gasteiger partial charge in [-0.05, 0) is 34.8 Å². The Balaban J connectivity index is 1.83. The van der Waals surface area contributed by atoms with Gasteiger partial charge in [0.15, 0.2) is 11.9 Å². The maximum Gasteiger partial charge on any atom is 0.407 e. The van der Waals surface area contributed by atoms with Crippen LogP contribution < -0.4 is 9.47 Å². The molecule has 0 spiro atoms. The number of carboxylic acid groups (broad SMARTS) is 1. The molecule has 1 aromatic heterocycles. The van der Waals surface area contributed by atoms with Crippen molar-refractivity contribution in [2.24, 2.45) is 0 Å². The zero-order valence-electron chi connectivity index (χ0n) is 10.4. The Hall–Kier alpha value is -1.21. The lowest BCUT2D eigenvalue weighted by Gasteiger charge is -2.33. The largest absolute Gasteiger partial charge is 0.478 e. The molecule has 1 aromatic rings. The van der Waals surface area contributed by atoms with Crippen LogP contribution in [0.15, 0.2) is 10.5 Å². The number of carbonyl (C=O) groups is 1. The molecule has 2 atom stereocenters. The summed E-state index contributed by atoms with van der Waals surface area (Å²) in [6.45, 7) is 0.800. The SMILES string of the molecule is O=C(O)N1CCCC1[C@@H]1COc2nc(Cl)cc(Br)c2O1. The fourth-order valence-corrected chi connectivity index (χ4v) is 3.41. The molecule has 1 amide bonds. The van der Waals surface area contributed by atoms with Gasteiger partial charge in [-0.15, -0.1) is 0 Å². The lowest BCUT2D eigenvalue weighted by molar-refractivity contribution is 0.0277. The highest BCUT2D eigenvalue weighted by Crippen LogP contribution is 2.40. The Bertz CT molecular complexity index is 557. The molecule has 1 N–H and O–H groups in total. The molecule has 2 aliphatic rings. The first-order chi connectivity index (χ1) is 9.56. The van der Waals surface area contributed by atoms with Crippen LogP contribution in [0.25, 0.3) is 0 Å². The zero-order valence-corrected chi connectivity index (χ0v) is 12.7. The van der Waals surface area contributed by atoms with Crippen LogP contribution in [-0.4, -0.2) is 46.4 Å². The predicted octanol–water partition coefficient (Wildman–Crippen LogP) is 2.78. The van der Waals surface area contributed by atoms with Gasteiger partial charge in [0.2, 0.25) is 0 Å². The Labute approximate surface area is 128 Å². The van der Waals surface area contributed by atoms with E-state index in [2.05, 4.69) is 20.9 Å². The van der Waals surface area contributed by atoms with Crippen molar-refractivity contribution >= 4 is 33.6 Å². The molecule has 1 saturated heterocycles. The second-order valence-electron chi connectivity index (χ2n) is 4.71. The standard InChI is InChI=1S/C12H12BrClN2O4/c13-6-4-9(14)15-11-10(6)20-8(5-19-11)7-2-1-3-16(7)12(17)18/h4,7-8H,1-3,5H2,(H,17,18)/t7?,8-/m0/s1. The van der Waals surface area contributed by atoms with E-state index in [1.165, 1.54) is 4.90 Å². The molecule has 0 aromatic carbocycles. The molecule has 0 radical (unpaired) electrons. The number of likely N-dealkylation sites (tertiary alicyclic amines) is 1. The average molecular weight is 364 g/mol. The number of amides is 1. The number of ether oxygens (including phenoxy) is 2. The molecule has 1 unspecified atom stereocenters. The molecule has 0 saturated carbocycles. The van der Waals surface area contributed by atoms with Crippen molar-refractivity contribution in [3.63, 3.8) is 0 Å². The molecule has 20 heavy (non-hydrogen) atoms. The van der Waals surface area contributed by atoms with E-state index in [9.17, 15) is 9.90 Å². The van der Waals surface area contributed by atoms with Crippen molar-refractivity contribution in [2.75, 3.05) is 13.2 Å². The van der Waals surface area contributed by atoms with Gasteiger partial charge in [0.1, 0.15) is 11.8 Å². The number of aromatic nitrogens is 1.